The Morgan fingerprint density at radius 2 is 1.96 bits per heavy atom. The Morgan fingerprint density at radius 1 is 1.25 bits per heavy atom. The van der Waals surface area contributed by atoms with E-state index in [1.165, 1.54) is 19.3 Å². The molecule has 24 heavy (non-hydrogen) atoms. The number of urea groups is 1. The van der Waals surface area contributed by atoms with Gasteiger partial charge in [0, 0.05) is 31.9 Å². The van der Waals surface area contributed by atoms with Gasteiger partial charge < -0.3 is 15.0 Å². The Bertz CT molecular complexity index is 530. The predicted molar refractivity (Wildman–Crippen MR) is 93.9 cm³/mol. The monoisotopic (exact) mass is 331 g/mol. The summed E-state index contributed by atoms with van der Waals surface area (Å²) in [6.07, 6.45) is 8.09. The van der Waals surface area contributed by atoms with Gasteiger partial charge >= 0.3 is 6.03 Å². The van der Waals surface area contributed by atoms with E-state index in [0.29, 0.717) is 30.4 Å². The van der Waals surface area contributed by atoms with Crippen LogP contribution in [0.15, 0.2) is 18.3 Å². The molecular weight excluding hydrogens is 302 g/mol. The Morgan fingerprint density at radius 3 is 2.58 bits per heavy atom. The Balaban J connectivity index is 1.46. The molecule has 1 aliphatic heterocycles. The highest BCUT2D eigenvalue weighted by Crippen LogP contribution is 2.23. The summed E-state index contributed by atoms with van der Waals surface area (Å²) in [6, 6.07) is 3.92. The van der Waals surface area contributed by atoms with Crippen molar-refractivity contribution in [1.29, 1.82) is 0 Å². The minimum atomic E-state index is 0.0275. The van der Waals surface area contributed by atoms with E-state index in [4.69, 9.17) is 4.74 Å². The van der Waals surface area contributed by atoms with Gasteiger partial charge in [0.25, 0.3) is 0 Å². The van der Waals surface area contributed by atoms with Crippen LogP contribution in [0.2, 0.25) is 0 Å². The number of aromatic nitrogens is 1. The molecule has 2 amide bonds. The van der Waals surface area contributed by atoms with Crippen molar-refractivity contribution in [3.63, 3.8) is 0 Å². The van der Waals surface area contributed by atoms with Crippen LogP contribution in [0.1, 0.15) is 51.5 Å². The van der Waals surface area contributed by atoms with Gasteiger partial charge in [-0.2, -0.15) is 0 Å². The van der Waals surface area contributed by atoms with E-state index in [1.807, 2.05) is 17.0 Å². The van der Waals surface area contributed by atoms with Crippen LogP contribution < -0.4 is 10.1 Å². The minimum Gasteiger partial charge on any atom is -0.474 e. The molecule has 1 N–H and O–H groups in total. The first-order valence-electron chi connectivity index (χ1n) is 9.24. The molecule has 0 radical (unpaired) electrons. The topological polar surface area (TPSA) is 54.5 Å². The molecule has 1 aromatic rings. The van der Waals surface area contributed by atoms with Crippen LogP contribution in [0.3, 0.4) is 0 Å². The number of piperidine rings is 1. The molecule has 3 rings (SSSR count). The molecule has 2 atom stereocenters. The third-order valence-corrected chi connectivity index (χ3v) is 4.99. The van der Waals surface area contributed by atoms with E-state index in [9.17, 15) is 4.79 Å². The number of likely N-dealkylation sites (tertiary alicyclic amines) is 1. The van der Waals surface area contributed by atoms with Crippen LogP contribution in [0, 0.1) is 11.8 Å². The van der Waals surface area contributed by atoms with Gasteiger partial charge in [0.05, 0.1) is 0 Å². The summed E-state index contributed by atoms with van der Waals surface area (Å²) in [5, 5.41) is 3.01. The molecule has 2 aliphatic rings. The van der Waals surface area contributed by atoms with Crippen LogP contribution >= 0.6 is 0 Å². The lowest BCUT2D eigenvalue weighted by Crippen LogP contribution is -2.47. The second kappa shape index (κ2) is 7.86. The largest absolute Gasteiger partial charge is 0.474 e. The summed E-state index contributed by atoms with van der Waals surface area (Å²) in [6.45, 7) is 6.63. The van der Waals surface area contributed by atoms with Crippen LogP contribution in [0.4, 0.5) is 4.79 Å². The van der Waals surface area contributed by atoms with Crippen LogP contribution in [-0.4, -0.2) is 35.1 Å². The zero-order chi connectivity index (χ0) is 16.9. The third kappa shape index (κ3) is 4.62. The normalized spacial score (nSPS) is 24.8. The number of carbonyl (C=O) groups is 1. The number of carbonyl (C=O) groups excluding carboxylic acids is 1. The SMILES string of the molecule is CC1CC(C)CN(C(=O)NCc2ccc(OC3CCCC3)nc2)C1. The van der Waals surface area contributed by atoms with Crippen molar-refractivity contribution in [3.05, 3.63) is 23.9 Å². The lowest BCUT2D eigenvalue weighted by atomic mass is 9.92. The van der Waals surface area contributed by atoms with E-state index in [-0.39, 0.29) is 6.03 Å². The molecule has 5 nitrogen and oxygen atoms in total. The summed E-state index contributed by atoms with van der Waals surface area (Å²) < 4.78 is 5.87. The average molecular weight is 331 g/mol. The third-order valence-electron chi connectivity index (χ3n) is 4.99. The second-order valence-corrected chi connectivity index (χ2v) is 7.54. The van der Waals surface area contributed by atoms with Crippen molar-refractivity contribution in [2.75, 3.05) is 13.1 Å². The molecule has 0 spiro atoms. The highest BCUT2D eigenvalue weighted by atomic mass is 16.5. The van der Waals surface area contributed by atoms with Crippen molar-refractivity contribution >= 4 is 6.03 Å². The maximum atomic E-state index is 12.3. The smallest absolute Gasteiger partial charge is 0.317 e. The maximum Gasteiger partial charge on any atom is 0.317 e. The van der Waals surface area contributed by atoms with Gasteiger partial charge in [-0.25, -0.2) is 9.78 Å². The summed E-state index contributed by atoms with van der Waals surface area (Å²) in [4.78, 5) is 18.6. The van der Waals surface area contributed by atoms with Crippen LogP contribution in [-0.2, 0) is 6.54 Å². The lowest BCUT2D eigenvalue weighted by Gasteiger charge is -2.34. The first-order valence-corrected chi connectivity index (χ1v) is 9.24. The molecule has 1 saturated heterocycles. The second-order valence-electron chi connectivity index (χ2n) is 7.54. The zero-order valence-corrected chi connectivity index (χ0v) is 14.8. The number of pyridine rings is 1. The molecular formula is C19H29N3O2. The maximum absolute atomic E-state index is 12.3. The average Bonchev–Trinajstić information content (AvgIpc) is 3.06. The van der Waals surface area contributed by atoms with Crippen molar-refractivity contribution in [2.45, 2.75) is 58.6 Å². The van der Waals surface area contributed by atoms with E-state index in [1.54, 1.807) is 6.20 Å². The minimum absolute atomic E-state index is 0.0275. The number of amides is 2. The van der Waals surface area contributed by atoms with Crippen molar-refractivity contribution in [1.82, 2.24) is 15.2 Å². The number of hydrogen-bond acceptors (Lipinski definition) is 3. The molecule has 5 heteroatoms. The highest BCUT2D eigenvalue weighted by molar-refractivity contribution is 5.74. The molecule has 1 aliphatic carbocycles. The molecule has 2 heterocycles. The fraction of sp³-hybridized carbons (Fsp3) is 0.684. The van der Waals surface area contributed by atoms with Crippen molar-refractivity contribution in [3.8, 4) is 5.88 Å². The number of ether oxygens (including phenoxy) is 1. The predicted octanol–water partition coefficient (Wildman–Crippen LogP) is 3.59. The molecule has 2 unspecified atom stereocenters. The van der Waals surface area contributed by atoms with Crippen molar-refractivity contribution in [2.24, 2.45) is 11.8 Å². The molecule has 1 saturated carbocycles. The number of nitrogens with one attached hydrogen (secondary N) is 1. The number of rotatable bonds is 4. The highest BCUT2D eigenvalue weighted by Gasteiger charge is 2.25. The molecule has 1 aromatic heterocycles. The van der Waals surface area contributed by atoms with Crippen LogP contribution in [0.5, 0.6) is 5.88 Å². The molecule has 0 bridgehead atoms. The lowest BCUT2D eigenvalue weighted by molar-refractivity contribution is 0.146. The molecule has 2 fully saturated rings. The first kappa shape index (κ1) is 17.1. The molecule has 0 aromatic carbocycles. The van der Waals surface area contributed by atoms with E-state index >= 15 is 0 Å². The quantitative estimate of drug-likeness (QED) is 0.917. The fourth-order valence-electron chi connectivity index (χ4n) is 3.88. The standard InChI is InChI=1S/C19H29N3O2/c1-14-9-15(2)13-22(12-14)19(23)21-11-16-7-8-18(20-10-16)24-17-5-3-4-6-17/h7-8,10,14-15,17H,3-6,9,11-13H2,1-2H3,(H,21,23). The van der Waals surface area contributed by atoms with Gasteiger partial charge in [0.1, 0.15) is 6.10 Å². The summed E-state index contributed by atoms with van der Waals surface area (Å²) in [5.41, 5.74) is 1.00. The number of nitrogens with zero attached hydrogens (tertiary/aromatic N) is 2. The Labute approximate surface area is 144 Å². The zero-order valence-electron chi connectivity index (χ0n) is 14.8. The van der Waals surface area contributed by atoms with E-state index in [2.05, 4.69) is 24.1 Å². The van der Waals surface area contributed by atoms with E-state index < -0.39 is 0 Å². The van der Waals surface area contributed by atoms with Gasteiger partial charge in [0.15, 0.2) is 0 Å². The van der Waals surface area contributed by atoms with Crippen LogP contribution in [0.25, 0.3) is 0 Å². The van der Waals surface area contributed by atoms with Gasteiger partial charge in [-0.05, 0) is 49.5 Å². The summed E-state index contributed by atoms with van der Waals surface area (Å²) in [5.74, 6) is 1.84. The summed E-state index contributed by atoms with van der Waals surface area (Å²) >= 11 is 0. The molecule has 132 valence electrons. The van der Waals surface area contributed by atoms with Gasteiger partial charge in [0.2, 0.25) is 5.88 Å². The van der Waals surface area contributed by atoms with E-state index in [0.717, 1.165) is 31.5 Å². The number of hydrogen-bond donors (Lipinski definition) is 1. The Hall–Kier alpha value is -1.78. The first-order chi connectivity index (χ1) is 11.6. The van der Waals surface area contributed by atoms with Gasteiger partial charge in [-0.15, -0.1) is 0 Å². The summed E-state index contributed by atoms with van der Waals surface area (Å²) in [7, 11) is 0. The van der Waals surface area contributed by atoms with Gasteiger partial charge in [-0.3, -0.25) is 0 Å². The fourth-order valence-corrected chi connectivity index (χ4v) is 3.88. The van der Waals surface area contributed by atoms with Crippen molar-refractivity contribution < 1.29 is 9.53 Å². The Kier molecular flexibility index (Phi) is 5.59. The van der Waals surface area contributed by atoms with Gasteiger partial charge in [-0.1, -0.05) is 19.9 Å².